The largest absolute Gasteiger partial charge is 0.469 e. The minimum atomic E-state index is -1.15. The van der Waals surface area contributed by atoms with Crippen molar-refractivity contribution in [1.29, 1.82) is 0 Å². The molecule has 3 aromatic rings. The van der Waals surface area contributed by atoms with Crippen LogP contribution in [0.1, 0.15) is 69.4 Å². The number of carbonyl (C=O) groups excluding carboxylic acids is 1. The highest BCUT2D eigenvalue weighted by molar-refractivity contribution is 5.69. The van der Waals surface area contributed by atoms with Gasteiger partial charge in [0, 0.05) is 17.7 Å². The predicted molar refractivity (Wildman–Crippen MR) is 145 cm³/mol. The van der Waals surface area contributed by atoms with E-state index < -0.39 is 18.3 Å². The van der Waals surface area contributed by atoms with Crippen molar-refractivity contribution >= 4 is 12.0 Å². The smallest absolute Gasteiger partial charge is 0.305 e. The molecule has 0 aliphatic heterocycles. The first-order valence-electron chi connectivity index (χ1n) is 13.0. The van der Waals surface area contributed by atoms with Crippen molar-refractivity contribution in [3.8, 4) is 17.1 Å². The van der Waals surface area contributed by atoms with E-state index in [0.717, 1.165) is 30.5 Å². The highest BCUT2D eigenvalue weighted by Gasteiger charge is 2.23. The Hall–Kier alpha value is -3.26. The van der Waals surface area contributed by atoms with Crippen molar-refractivity contribution < 1.29 is 24.9 Å². The molecule has 0 unspecified atom stereocenters. The molecule has 2 aromatic carbocycles. The number of aliphatic hydroxyl groups excluding tert-OH is 3. The SMILES string of the molecule is CCCCC[C@H](O)c1nc(-c2ccccc2)n(-c2ccccc2)c1/C=C/[C@@H](O)[C@@H](O)CCCC(=O)OC. The number of benzene rings is 2. The summed E-state index contributed by atoms with van der Waals surface area (Å²) in [4.78, 5) is 16.3. The zero-order valence-corrected chi connectivity index (χ0v) is 21.7. The lowest BCUT2D eigenvalue weighted by Gasteiger charge is -2.16. The first-order valence-corrected chi connectivity index (χ1v) is 13.0. The number of esters is 1. The number of unbranched alkanes of at least 4 members (excludes halogenated alkanes) is 2. The Morgan fingerprint density at radius 1 is 0.973 bits per heavy atom. The summed E-state index contributed by atoms with van der Waals surface area (Å²) in [5.74, 6) is 0.336. The Morgan fingerprint density at radius 3 is 2.30 bits per heavy atom. The third-order valence-electron chi connectivity index (χ3n) is 6.34. The predicted octanol–water partition coefficient (Wildman–Crippen LogP) is 5.23. The first-order chi connectivity index (χ1) is 18.0. The molecule has 0 bridgehead atoms. The topological polar surface area (TPSA) is 105 Å². The third kappa shape index (κ3) is 7.86. The Labute approximate surface area is 219 Å². The lowest BCUT2D eigenvalue weighted by atomic mass is 10.0. The molecule has 1 heterocycles. The summed E-state index contributed by atoms with van der Waals surface area (Å²) in [5.41, 5.74) is 2.95. The molecule has 3 atom stereocenters. The maximum absolute atomic E-state index is 11.3. The summed E-state index contributed by atoms with van der Waals surface area (Å²) in [6, 6.07) is 19.5. The summed E-state index contributed by atoms with van der Waals surface area (Å²) in [6.07, 6.45) is 4.63. The second kappa shape index (κ2) is 14.5. The number of hydrogen-bond donors (Lipinski definition) is 3. The van der Waals surface area contributed by atoms with Crippen LogP contribution in [0.4, 0.5) is 0 Å². The van der Waals surface area contributed by atoms with E-state index in [0.29, 0.717) is 30.1 Å². The van der Waals surface area contributed by atoms with Gasteiger partial charge in [0.2, 0.25) is 0 Å². The fourth-order valence-corrected chi connectivity index (χ4v) is 4.25. The highest BCUT2D eigenvalue weighted by atomic mass is 16.5. The number of carbonyl (C=O) groups is 1. The molecule has 0 fully saturated rings. The zero-order valence-electron chi connectivity index (χ0n) is 21.7. The molecule has 37 heavy (non-hydrogen) atoms. The molecule has 0 saturated carbocycles. The van der Waals surface area contributed by atoms with Crippen LogP contribution in [0, 0.1) is 0 Å². The van der Waals surface area contributed by atoms with E-state index in [9.17, 15) is 20.1 Å². The summed E-state index contributed by atoms with van der Waals surface area (Å²) in [7, 11) is 1.32. The fraction of sp³-hybridized carbons (Fsp3) is 0.400. The van der Waals surface area contributed by atoms with Gasteiger partial charge in [-0.05, 0) is 37.5 Å². The lowest BCUT2D eigenvalue weighted by molar-refractivity contribution is -0.140. The average molecular weight is 507 g/mol. The molecule has 3 N–H and O–H groups in total. The Bertz CT molecular complexity index is 1130. The fourth-order valence-electron chi connectivity index (χ4n) is 4.25. The van der Waals surface area contributed by atoms with Gasteiger partial charge in [0.1, 0.15) is 5.82 Å². The van der Waals surface area contributed by atoms with Crippen LogP contribution in [0.2, 0.25) is 0 Å². The summed E-state index contributed by atoms with van der Waals surface area (Å²) >= 11 is 0. The Morgan fingerprint density at radius 2 is 1.65 bits per heavy atom. The quantitative estimate of drug-likeness (QED) is 0.204. The van der Waals surface area contributed by atoms with Gasteiger partial charge < -0.3 is 20.1 Å². The van der Waals surface area contributed by atoms with E-state index in [4.69, 9.17) is 4.98 Å². The van der Waals surface area contributed by atoms with Crippen molar-refractivity contribution in [3.63, 3.8) is 0 Å². The van der Waals surface area contributed by atoms with Crippen molar-refractivity contribution in [3.05, 3.63) is 78.1 Å². The number of para-hydroxylation sites is 1. The number of imidazole rings is 1. The molecule has 0 spiro atoms. The van der Waals surface area contributed by atoms with Crippen molar-refractivity contribution in [2.45, 2.75) is 70.2 Å². The molecule has 1 aromatic heterocycles. The lowest BCUT2D eigenvalue weighted by Crippen LogP contribution is -2.23. The van der Waals surface area contributed by atoms with Gasteiger partial charge in [-0.1, -0.05) is 80.8 Å². The van der Waals surface area contributed by atoms with Crippen molar-refractivity contribution in [1.82, 2.24) is 9.55 Å². The van der Waals surface area contributed by atoms with Crippen LogP contribution in [0.3, 0.4) is 0 Å². The minimum Gasteiger partial charge on any atom is -0.469 e. The highest BCUT2D eigenvalue weighted by Crippen LogP contribution is 2.32. The van der Waals surface area contributed by atoms with Crippen LogP contribution in [-0.4, -0.2) is 50.2 Å². The van der Waals surface area contributed by atoms with Crippen LogP contribution in [0.25, 0.3) is 23.2 Å². The number of aliphatic hydroxyl groups is 3. The van der Waals surface area contributed by atoms with Gasteiger partial charge >= 0.3 is 5.97 Å². The van der Waals surface area contributed by atoms with E-state index in [1.165, 1.54) is 13.2 Å². The van der Waals surface area contributed by atoms with Crippen LogP contribution >= 0.6 is 0 Å². The van der Waals surface area contributed by atoms with Gasteiger partial charge in [-0.15, -0.1) is 0 Å². The molecular weight excluding hydrogens is 468 g/mol. The third-order valence-corrected chi connectivity index (χ3v) is 6.34. The number of ether oxygens (including phenoxy) is 1. The van der Waals surface area contributed by atoms with E-state index in [1.807, 2.05) is 65.2 Å². The van der Waals surface area contributed by atoms with E-state index in [2.05, 4.69) is 11.7 Å². The molecule has 3 rings (SSSR count). The molecule has 0 aliphatic rings. The second-order valence-corrected chi connectivity index (χ2v) is 9.14. The molecule has 0 aliphatic carbocycles. The van der Waals surface area contributed by atoms with Gasteiger partial charge in [0.15, 0.2) is 0 Å². The summed E-state index contributed by atoms with van der Waals surface area (Å²) in [6.45, 7) is 2.12. The van der Waals surface area contributed by atoms with Crippen LogP contribution in [0.5, 0.6) is 0 Å². The van der Waals surface area contributed by atoms with Crippen LogP contribution in [0.15, 0.2) is 66.7 Å². The first kappa shape index (κ1) is 28.3. The molecular formula is C30H38N2O5. The van der Waals surface area contributed by atoms with Gasteiger partial charge in [-0.25, -0.2) is 4.98 Å². The van der Waals surface area contributed by atoms with E-state index >= 15 is 0 Å². The monoisotopic (exact) mass is 506 g/mol. The molecule has 0 radical (unpaired) electrons. The average Bonchev–Trinajstić information content (AvgIpc) is 3.32. The Kier molecular flexibility index (Phi) is 11.1. The molecule has 0 saturated heterocycles. The van der Waals surface area contributed by atoms with Crippen LogP contribution < -0.4 is 0 Å². The maximum Gasteiger partial charge on any atom is 0.305 e. The summed E-state index contributed by atoms with van der Waals surface area (Å²) < 4.78 is 6.60. The molecule has 198 valence electrons. The van der Waals surface area contributed by atoms with Gasteiger partial charge in [0.05, 0.1) is 36.8 Å². The summed E-state index contributed by atoms with van der Waals surface area (Å²) in [5, 5.41) is 32.3. The van der Waals surface area contributed by atoms with Crippen molar-refractivity contribution in [2.24, 2.45) is 0 Å². The standard InChI is InChI=1S/C30H38N2O5/c1-3-4-7-17-27(35)29-24(20-21-26(34)25(33)18-12-19-28(36)37-2)32(23-15-10-6-11-16-23)30(31-29)22-13-8-5-9-14-22/h5-6,8-11,13-16,20-21,25-27,33-35H,3-4,7,12,17-19H2,1-2H3/b21-20+/t25-,26+,27-/m0/s1. The Balaban J connectivity index is 2.00. The second-order valence-electron chi connectivity index (χ2n) is 9.14. The number of methoxy groups -OCH3 is 1. The zero-order chi connectivity index (χ0) is 26.6. The molecule has 0 amide bonds. The van der Waals surface area contributed by atoms with E-state index in [1.54, 1.807) is 6.08 Å². The maximum atomic E-state index is 11.3. The number of rotatable bonds is 14. The number of hydrogen-bond acceptors (Lipinski definition) is 6. The van der Waals surface area contributed by atoms with Gasteiger partial charge in [0.25, 0.3) is 0 Å². The van der Waals surface area contributed by atoms with Crippen LogP contribution in [-0.2, 0) is 9.53 Å². The normalized spacial score (nSPS) is 14.0. The van der Waals surface area contributed by atoms with Crippen molar-refractivity contribution in [2.75, 3.05) is 7.11 Å². The minimum absolute atomic E-state index is 0.180. The molecule has 7 heteroatoms. The number of aromatic nitrogens is 2. The van der Waals surface area contributed by atoms with Gasteiger partial charge in [-0.3, -0.25) is 9.36 Å². The van der Waals surface area contributed by atoms with E-state index in [-0.39, 0.29) is 18.8 Å². The van der Waals surface area contributed by atoms with Gasteiger partial charge in [-0.2, -0.15) is 0 Å². The number of nitrogens with zero attached hydrogens (tertiary/aromatic N) is 2. The molecule has 7 nitrogen and oxygen atoms in total.